The first-order valence-corrected chi connectivity index (χ1v) is 10.7. The van der Waals surface area contributed by atoms with Crippen molar-refractivity contribution in [1.29, 1.82) is 0 Å². The Morgan fingerprint density at radius 1 is 1.03 bits per heavy atom. The van der Waals surface area contributed by atoms with Crippen LogP contribution in [0.15, 0.2) is 82.5 Å². The number of aliphatic imine (C=N–C) groups is 1. The molecule has 0 radical (unpaired) electrons. The van der Waals surface area contributed by atoms with E-state index in [1.54, 1.807) is 18.5 Å². The number of hydrogen-bond donors (Lipinski definition) is 0. The molecule has 0 bridgehead atoms. The molecular weight excluding hydrogens is 401 g/mol. The van der Waals surface area contributed by atoms with Crippen LogP contribution in [0.3, 0.4) is 0 Å². The molecular formula is C27H24FN3O. The molecule has 5 heteroatoms. The first-order valence-electron chi connectivity index (χ1n) is 10.7. The van der Waals surface area contributed by atoms with Gasteiger partial charge in [0.2, 0.25) is 5.95 Å². The van der Waals surface area contributed by atoms with Crippen molar-refractivity contribution < 1.29 is 8.81 Å². The van der Waals surface area contributed by atoms with Crippen LogP contribution in [0.5, 0.6) is 0 Å². The third-order valence-corrected chi connectivity index (χ3v) is 6.12. The molecule has 32 heavy (non-hydrogen) atoms. The van der Waals surface area contributed by atoms with Crippen molar-refractivity contribution in [2.75, 3.05) is 0 Å². The van der Waals surface area contributed by atoms with Crippen molar-refractivity contribution in [3.63, 3.8) is 0 Å². The van der Waals surface area contributed by atoms with Gasteiger partial charge in [0.05, 0.1) is 12.3 Å². The summed E-state index contributed by atoms with van der Waals surface area (Å²) in [5.41, 5.74) is 7.33. The van der Waals surface area contributed by atoms with Crippen molar-refractivity contribution in [2.45, 2.75) is 33.0 Å². The van der Waals surface area contributed by atoms with Crippen LogP contribution in [0.25, 0.3) is 27.8 Å². The molecule has 0 spiro atoms. The first kappa shape index (κ1) is 20.2. The maximum atomic E-state index is 13.3. The second kappa shape index (κ2) is 8.08. The maximum Gasteiger partial charge on any atom is 0.212 e. The molecule has 0 saturated carbocycles. The zero-order valence-electron chi connectivity index (χ0n) is 18.3. The Labute approximate surface area is 186 Å². The van der Waals surface area contributed by atoms with E-state index in [0.717, 1.165) is 44.5 Å². The molecule has 1 aliphatic rings. The van der Waals surface area contributed by atoms with Crippen molar-refractivity contribution in [3.05, 3.63) is 95.8 Å². The third kappa shape index (κ3) is 3.60. The van der Waals surface area contributed by atoms with Gasteiger partial charge in [-0.25, -0.2) is 4.98 Å². The number of halogens is 1. The molecule has 0 N–H and O–H groups in total. The first-order chi connectivity index (χ1) is 15.5. The van der Waals surface area contributed by atoms with Gasteiger partial charge in [-0.2, -0.15) is 4.39 Å². The van der Waals surface area contributed by atoms with Gasteiger partial charge in [-0.3, -0.25) is 4.99 Å². The van der Waals surface area contributed by atoms with Crippen LogP contribution >= 0.6 is 0 Å². The summed E-state index contributed by atoms with van der Waals surface area (Å²) in [5.74, 6) is -0.474. The van der Waals surface area contributed by atoms with Crippen molar-refractivity contribution >= 4 is 22.9 Å². The number of benzene rings is 2. The van der Waals surface area contributed by atoms with Crippen LogP contribution in [0.2, 0.25) is 0 Å². The minimum absolute atomic E-state index is 0.0118. The number of allylic oxidation sites excluding steroid dienone is 1. The molecule has 2 aromatic carbocycles. The fourth-order valence-corrected chi connectivity index (χ4v) is 4.38. The molecule has 160 valence electrons. The zero-order valence-corrected chi connectivity index (χ0v) is 18.3. The number of fused-ring (bicyclic) bond motifs is 1. The molecule has 0 aliphatic carbocycles. The number of hydrogen-bond acceptors (Lipinski definition) is 4. The van der Waals surface area contributed by atoms with Gasteiger partial charge >= 0.3 is 0 Å². The molecule has 1 unspecified atom stereocenters. The summed E-state index contributed by atoms with van der Waals surface area (Å²) in [6, 6.07) is 17.9. The monoisotopic (exact) mass is 425 g/mol. The van der Waals surface area contributed by atoms with Crippen molar-refractivity contribution in [2.24, 2.45) is 4.99 Å². The Hall–Kier alpha value is -3.73. The fraction of sp³-hybridized carbons (Fsp3) is 0.185. The number of nitrogens with zero attached hydrogens (tertiary/aromatic N) is 3. The van der Waals surface area contributed by atoms with E-state index in [1.165, 1.54) is 6.07 Å². The van der Waals surface area contributed by atoms with E-state index >= 15 is 0 Å². The molecule has 0 saturated heterocycles. The van der Waals surface area contributed by atoms with Crippen LogP contribution in [0.1, 0.15) is 36.6 Å². The van der Waals surface area contributed by atoms with E-state index < -0.39 is 5.95 Å². The van der Waals surface area contributed by atoms with Crippen molar-refractivity contribution in [1.82, 2.24) is 9.88 Å². The summed E-state index contributed by atoms with van der Waals surface area (Å²) in [6.07, 6.45) is 7.31. The van der Waals surface area contributed by atoms with Gasteiger partial charge in [0, 0.05) is 29.1 Å². The van der Waals surface area contributed by atoms with Gasteiger partial charge in [0.15, 0.2) is 0 Å². The lowest BCUT2D eigenvalue weighted by Crippen LogP contribution is -2.34. The maximum absolute atomic E-state index is 13.3. The largest absolute Gasteiger partial charge is 0.464 e. The molecule has 5 rings (SSSR count). The highest BCUT2D eigenvalue weighted by Gasteiger charge is 2.26. The summed E-state index contributed by atoms with van der Waals surface area (Å²) in [6.45, 7) is 6.36. The lowest BCUT2D eigenvalue weighted by molar-refractivity contribution is 0.252. The predicted molar refractivity (Wildman–Crippen MR) is 127 cm³/mol. The van der Waals surface area contributed by atoms with Crippen LogP contribution in [-0.4, -0.2) is 22.3 Å². The highest BCUT2D eigenvalue weighted by molar-refractivity contribution is 5.90. The zero-order chi connectivity index (χ0) is 22.2. The third-order valence-electron chi connectivity index (χ3n) is 6.12. The van der Waals surface area contributed by atoms with Crippen LogP contribution < -0.4 is 0 Å². The van der Waals surface area contributed by atoms with Gasteiger partial charge in [0.1, 0.15) is 11.7 Å². The second-order valence-electron chi connectivity index (χ2n) is 8.19. The van der Waals surface area contributed by atoms with Gasteiger partial charge < -0.3 is 9.32 Å². The molecule has 1 aliphatic heterocycles. The standard InChI is InChI=1S/C27H24FN3O/c1-17-16-32-26-9-7-22(14-24(17)26)25-11-12-29-19(3)31(25)18(2)20-5-4-6-21(13-20)23-8-10-27(28)30-15-23/h4-16,18-19H,1-3H3/t18-,19?/m0/s1. The Balaban J connectivity index is 1.52. The number of pyridine rings is 1. The summed E-state index contributed by atoms with van der Waals surface area (Å²) in [4.78, 5) is 10.8. The van der Waals surface area contributed by atoms with E-state index in [1.807, 2.05) is 24.4 Å². The predicted octanol–water partition coefficient (Wildman–Crippen LogP) is 6.78. The lowest BCUT2D eigenvalue weighted by atomic mass is 9.97. The normalized spacial score (nSPS) is 16.9. The molecule has 2 aromatic heterocycles. The quantitative estimate of drug-likeness (QED) is 0.339. The highest BCUT2D eigenvalue weighted by Crippen LogP contribution is 2.36. The average Bonchev–Trinajstić information content (AvgIpc) is 3.19. The summed E-state index contributed by atoms with van der Waals surface area (Å²) in [7, 11) is 0. The van der Waals surface area contributed by atoms with Gasteiger partial charge in [-0.1, -0.05) is 18.2 Å². The molecule has 0 fully saturated rings. The van der Waals surface area contributed by atoms with Gasteiger partial charge in [-0.05, 0) is 85.5 Å². The molecule has 3 heterocycles. The van der Waals surface area contributed by atoms with Gasteiger partial charge in [0.25, 0.3) is 0 Å². The van der Waals surface area contributed by atoms with Crippen molar-refractivity contribution in [3.8, 4) is 11.1 Å². The number of furan rings is 1. The fourth-order valence-electron chi connectivity index (χ4n) is 4.38. The summed E-state index contributed by atoms with van der Waals surface area (Å²) < 4.78 is 18.9. The van der Waals surface area contributed by atoms with Crippen LogP contribution in [-0.2, 0) is 0 Å². The molecule has 4 aromatic rings. The van der Waals surface area contributed by atoms with E-state index in [9.17, 15) is 4.39 Å². The van der Waals surface area contributed by atoms with E-state index in [4.69, 9.17) is 4.42 Å². The Kier molecular flexibility index (Phi) is 5.10. The van der Waals surface area contributed by atoms with Gasteiger partial charge in [-0.15, -0.1) is 0 Å². The second-order valence-corrected chi connectivity index (χ2v) is 8.19. The van der Waals surface area contributed by atoms with E-state index in [2.05, 4.69) is 66.0 Å². The van der Waals surface area contributed by atoms with Crippen LogP contribution in [0, 0.1) is 12.9 Å². The Morgan fingerprint density at radius 2 is 1.88 bits per heavy atom. The minimum Gasteiger partial charge on any atom is -0.464 e. The SMILES string of the molecule is Cc1coc2ccc(C3=CC=NC(C)N3[C@@H](C)c3cccc(-c4ccc(F)nc4)c3)cc12. The molecule has 0 amide bonds. The Bertz CT molecular complexity index is 1340. The highest BCUT2D eigenvalue weighted by atomic mass is 19.1. The molecule has 2 atom stereocenters. The number of aryl methyl sites for hydroxylation is 1. The number of rotatable bonds is 4. The minimum atomic E-state index is -0.474. The molecule has 4 nitrogen and oxygen atoms in total. The topological polar surface area (TPSA) is 41.6 Å². The summed E-state index contributed by atoms with van der Waals surface area (Å²) in [5, 5.41) is 1.12. The smallest absolute Gasteiger partial charge is 0.212 e. The Morgan fingerprint density at radius 3 is 2.69 bits per heavy atom. The number of aromatic nitrogens is 1. The lowest BCUT2D eigenvalue weighted by Gasteiger charge is -2.38. The average molecular weight is 426 g/mol. The van der Waals surface area contributed by atoms with E-state index in [-0.39, 0.29) is 12.2 Å². The van der Waals surface area contributed by atoms with Crippen LogP contribution in [0.4, 0.5) is 4.39 Å². The summed E-state index contributed by atoms with van der Waals surface area (Å²) >= 11 is 0. The van der Waals surface area contributed by atoms with E-state index in [0.29, 0.717) is 0 Å².